The van der Waals surface area contributed by atoms with E-state index < -0.39 is 23.6 Å². The largest absolute Gasteiger partial charge is 0.463 e. The summed E-state index contributed by atoms with van der Waals surface area (Å²) in [7, 11) is 0. The Balaban J connectivity index is 2.16. The number of carbonyl (C=O) groups excluding carboxylic acids is 1. The third-order valence-corrected chi connectivity index (χ3v) is 5.46. The molecule has 0 aliphatic carbocycles. The molecule has 0 aromatic heterocycles. The fourth-order valence-corrected chi connectivity index (χ4v) is 4.06. The zero-order valence-electron chi connectivity index (χ0n) is 17.4. The molecule has 1 unspecified atom stereocenters. The average Bonchev–Trinajstić information content (AvgIpc) is 2.73. The van der Waals surface area contributed by atoms with Crippen LogP contribution in [0.3, 0.4) is 0 Å². The van der Waals surface area contributed by atoms with E-state index in [0.717, 1.165) is 25.3 Å². The molecule has 2 aliphatic heterocycles. The van der Waals surface area contributed by atoms with Gasteiger partial charge in [-0.15, -0.1) is 0 Å². The first-order chi connectivity index (χ1) is 14.7. The van der Waals surface area contributed by atoms with E-state index in [1.54, 1.807) is 11.8 Å². The molecule has 1 aromatic rings. The van der Waals surface area contributed by atoms with Gasteiger partial charge in [0.25, 0.3) is 0 Å². The van der Waals surface area contributed by atoms with E-state index in [1.807, 2.05) is 6.07 Å². The van der Waals surface area contributed by atoms with E-state index >= 15 is 0 Å². The molecule has 2 heterocycles. The minimum atomic E-state index is -4.61. The van der Waals surface area contributed by atoms with Gasteiger partial charge in [0.1, 0.15) is 17.4 Å². The van der Waals surface area contributed by atoms with Crippen LogP contribution in [0.25, 0.3) is 0 Å². The number of rotatable bonds is 4. The summed E-state index contributed by atoms with van der Waals surface area (Å²) in [6, 6.07) is 5.79. The van der Waals surface area contributed by atoms with Crippen LogP contribution in [0.1, 0.15) is 50.2 Å². The van der Waals surface area contributed by atoms with Crippen molar-refractivity contribution >= 4 is 11.7 Å². The topological polar surface area (TPSA) is 88.6 Å². The number of hydrogen-bond donors (Lipinski definition) is 1. The highest BCUT2D eigenvalue weighted by atomic mass is 19.4. The van der Waals surface area contributed by atoms with E-state index in [0.29, 0.717) is 13.1 Å². The summed E-state index contributed by atoms with van der Waals surface area (Å²) in [4.78, 5) is 14.3. The van der Waals surface area contributed by atoms with E-state index in [9.17, 15) is 23.2 Å². The first kappa shape index (κ1) is 22.5. The third kappa shape index (κ3) is 4.48. The summed E-state index contributed by atoms with van der Waals surface area (Å²) in [6.45, 7) is 4.22. The summed E-state index contributed by atoms with van der Waals surface area (Å²) in [5.41, 5.74) is 5.07. The predicted molar refractivity (Wildman–Crippen MR) is 107 cm³/mol. The number of ether oxygens (including phenoxy) is 2. The van der Waals surface area contributed by atoms with Gasteiger partial charge in [-0.25, -0.2) is 4.79 Å². The molecule has 166 valence electrons. The maximum absolute atomic E-state index is 14.0. The molecule has 0 spiro atoms. The lowest BCUT2D eigenvalue weighted by atomic mass is 9.82. The Hall–Kier alpha value is -3.15. The van der Waals surface area contributed by atoms with Gasteiger partial charge in [-0.2, -0.15) is 18.4 Å². The number of benzene rings is 1. The lowest BCUT2D eigenvalue weighted by Gasteiger charge is -2.32. The standard InChI is InChI=1S/C22H24F3N3O3/c1-3-30-21(29)18-13(2)31-20(27)15(12-26)19(18)14-7-8-17(16(11-14)22(23,24)25)28-9-5-4-6-10-28/h7-8,11,19H,3-6,9-10,27H2,1-2H3. The van der Waals surface area contributed by atoms with Crippen molar-refractivity contribution in [3.05, 3.63) is 52.1 Å². The van der Waals surface area contributed by atoms with Crippen LogP contribution in [-0.4, -0.2) is 25.7 Å². The van der Waals surface area contributed by atoms with Crippen molar-refractivity contribution in [3.63, 3.8) is 0 Å². The molecule has 2 aliphatic rings. The summed E-state index contributed by atoms with van der Waals surface area (Å²) < 4.78 is 52.4. The summed E-state index contributed by atoms with van der Waals surface area (Å²) in [5.74, 6) is -2.03. The fraction of sp³-hybridized carbons (Fsp3) is 0.455. The maximum atomic E-state index is 14.0. The molecule has 6 nitrogen and oxygen atoms in total. The highest BCUT2D eigenvalue weighted by molar-refractivity contribution is 5.92. The number of hydrogen-bond acceptors (Lipinski definition) is 6. The van der Waals surface area contributed by atoms with Crippen molar-refractivity contribution in [2.24, 2.45) is 5.73 Å². The Morgan fingerprint density at radius 2 is 2.00 bits per heavy atom. The van der Waals surface area contributed by atoms with Gasteiger partial charge in [0, 0.05) is 18.8 Å². The number of esters is 1. The maximum Gasteiger partial charge on any atom is 0.418 e. The number of nitriles is 1. The third-order valence-electron chi connectivity index (χ3n) is 5.46. The molecule has 0 radical (unpaired) electrons. The monoisotopic (exact) mass is 435 g/mol. The van der Waals surface area contributed by atoms with Crippen LogP contribution in [0.4, 0.5) is 18.9 Å². The van der Waals surface area contributed by atoms with Gasteiger partial charge in [-0.05, 0) is 50.8 Å². The number of nitrogens with two attached hydrogens (primary N) is 1. The lowest BCUT2D eigenvalue weighted by Crippen LogP contribution is -2.31. The van der Waals surface area contributed by atoms with Crippen LogP contribution in [0, 0.1) is 11.3 Å². The van der Waals surface area contributed by atoms with E-state index in [4.69, 9.17) is 15.2 Å². The molecule has 31 heavy (non-hydrogen) atoms. The van der Waals surface area contributed by atoms with Crippen LogP contribution < -0.4 is 10.6 Å². The van der Waals surface area contributed by atoms with E-state index in [1.165, 1.54) is 19.1 Å². The number of piperidine rings is 1. The Morgan fingerprint density at radius 1 is 1.32 bits per heavy atom. The Morgan fingerprint density at radius 3 is 2.58 bits per heavy atom. The van der Waals surface area contributed by atoms with Crippen molar-refractivity contribution < 1.29 is 27.4 Å². The quantitative estimate of drug-likeness (QED) is 0.708. The normalized spacial score (nSPS) is 19.7. The Labute approximate surface area is 178 Å². The Kier molecular flexibility index (Phi) is 6.48. The first-order valence-corrected chi connectivity index (χ1v) is 10.1. The van der Waals surface area contributed by atoms with Crippen molar-refractivity contribution in [2.75, 3.05) is 24.6 Å². The first-order valence-electron chi connectivity index (χ1n) is 10.1. The second-order valence-corrected chi connectivity index (χ2v) is 7.44. The van der Waals surface area contributed by atoms with Crippen LogP contribution >= 0.6 is 0 Å². The van der Waals surface area contributed by atoms with E-state index in [2.05, 4.69) is 0 Å². The van der Waals surface area contributed by atoms with Gasteiger partial charge in [-0.3, -0.25) is 0 Å². The van der Waals surface area contributed by atoms with Crippen molar-refractivity contribution in [3.8, 4) is 6.07 Å². The number of anilines is 1. The summed E-state index contributed by atoms with van der Waals surface area (Å²) in [5, 5.41) is 9.62. The molecule has 1 fully saturated rings. The highest BCUT2D eigenvalue weighted by Gasteiger charge is 2.40. The molecular formula is C22H24F3N3O3. The van der Waals surface area contributed by atoms with Gasteiger partial charge in [0.05, 0.1) is 23.7 Å². The molecule has 2 N–H and O–H groups in total. The smallest absolute Gasteiger partial charge is 0.418 e. The molecule has 0 saturated carbocycles. The molecule has 1 aromatic carbocycles. The van der Waals surface area contributed by atoms with Gasteiger partial charge < -0.3 is 20.1 Å². The zero-order chi connectivity index (χ0) is 22.8. The highest BCUT2D eigenvalue weighted by Crippen LogP contribution is 2.44. The van der Waals surface area contributed by atoms with Crippen LogP contribution in [0.15, 0.2) is 41.0 Å². The second kappa shape index (κ2) is 8.92. The van der Waals surface area contributed by atoms with Crippen molar-refractivity contribution in [1.29, 1.82) is 5.26 Å². The SMILES string of the molecule is CCOC(=O)C1=C(C)OC(N)=C(C#N)C1c1ccc(N2CCCCC2)c(C(F)(F)F)c1. The van der Waals surface area contributed by atoms with Gasteiger partial charge in [0.2, 0.25) is 5.88 Å². The molecule has 9 heteroatoms. The molecular weight excluding hydrogens is 411 g/mol. The zero-order valence-corrected chi connectivity index (χ0v) is 17.4. The Bertz CT molecular complexity index is 970. The predicted octanol–water partition coefficient (Wildman–Crippen LogP) is 4.34. The molecule has 1 saturated heterocycles. The molecule has 3 rings (SSSR count). The van der Waals surface area contributed by atoms with Crippen LogP contribution in [-0.2, 0) is 20.4 Å². The number of carbonyl (C=O) groups is 1. The summed E-state index contributed by atoms with van der Waals surface area (Å²) >= 11 is 0. The number of alkyl halides is 3. The molecule has 0 amide bonds. The fourth-order valence-electron chi connectivity index (χ4n) is 4.06. The minimum Gasteiger partial charge on any atom is -0.463 e. The van der Waals surface area contributed by atoms with Crippen LogP contribution in [0.5, 0.6) is 0 Å². The van der Waals surface area contributed by atoms with Crippen molar-refractivity contribution in [1.82, 2.24) is 0 Å². The van der Waals surface area contributed by atoms with Gasteiger partial charge in [0.15, 0.2) is 0 Å². The van der Waals surface area contributed by atoms with Crippen molar-refractivity contribution in [2.45, 2.75) is 45.2 Å². The van der Waals surface area contributed by atoms with Gasteiger partial charge in [-0.1, -0.05) is 6.07 Å². The second-order valence-electron chi connectivity index (χ2n) is 7.44. The number of halogens is 3. The van der Waals surface area contributed by atoms with Gasteiger partial charge >= 0.3 is 12.1 Å². The molecule has 1 atom stereocenters. The number of allylic oxidation sites excluding steroid dienone is 2. The van der Waals surface area contributed by atoms with E-state index in [-0.39, 0.29) is 40.6 Å². The number of nitrogens with zero attached hydrogens (tertiary/aromatic N) is 2. The summed E-state index contributed by atoms with van der Waals surface area (Å²) in [6.07, 6.45) is -1.98. The van der Waals surface area contributed by atoms with Crippen LogP contribution in [0.2, 0.25) is 0 Å². The molecule has 0 bridgehead atoms. The minimum absolute atomic E-state index is 0.0357. The average molecular weight is 435 g/mol. The lowest BCUT2D eigenvalue weighted by molar-refractivity contribution is -0.139.